The minimum absolute atomic E-state index is 0.0870. The van der Waals surface area contributed by atoms with Crippen LogP contribution in [-0.2, 0) is 23.4 Å². The summed E-state index contributed by atoms with van der Waals surface area (Å²) < 4.78 is 30.3. The van der Waals surface area contributed by atoms with Crippen LogP contribution in [0.4, 0.5) is 0 Å². The first-order chi connectivity index (χ1) is 9.88. The second-order valence-electron chi connectivity index (χ2n) is 8.35. The van der Waals surface area contributed by atoms with E-state index in [1.807, 2.05) is 20.8 Å². The normalized spacial score (nSPS) is 38.9. The molecule has 0 saturated carbocycles. The van der Waals surface area contributed by atoms with Crippen LogP contribution in [0.15, 0.2) is 0 Å². The predicted molar refractivity (Wildman–Crippen MR) is 87.2 cm³/mol. The van der Waals surface area contributed by atoms with E-state index in [2.05, 4.69) is 33.9 Å². The van der Waals surface area contributed by atoms with Gasteiger partial charge < -0.3 is 23.4 Å². The van der Waals surface area contributed by atoms with Gasteiger partial charge in [0.05, 0.1) is 6.10 Å². The Bertz CT molecular complexity index is 404. The Morgan fingerprint density at radius 2 is 1.59 bits per heavy atom. The third kappa shape index (κ3) is 3.42. The van der Waals surface area contributed by atoms with Crippen LogP contribution < -0.4 is 0 Å². The number of fused-ring (bicyclic) bond motifs is 1. The van der Waals surface area contributed by atoms with Gasteiger partial charge in [0, 0.05) is 7.11 Å². The second-order valence-corrected chi connectivity index (χ2v) is 13.1. The van der Waals surface area contributed by atoms with Crippen molar-refractivity contribution < 1.29 is 23.4 Å². The largest absolute Gasteiger partial charge is 0.406 e. The summed E-state index contributed by atoms with van der Waals surface area (Å²) in [5.74, 6) is -0.620. The summed E-state index contributed by atoms with van der Waals surface area (Å²) in [6, 6.07) is 0. The molecule has 130 valence electrons. The van der Waals surface area contributed by atoms with Crippen molar-refractivity contribution in [2.24, 2.45) is 0 Å². The minimum atomic E-state index is -1.97. The number of rotatable bonds is 3. The van der Waals surface area contributed by atoms with Crippen molar-refractivity contribution in [3.05, 3.63) is 0 Å². The molecular formula is C16H32O5Si. The number of methoxy groups -OCH3 is 1. The van der Waals surface area contributed by atoms with Crippen LogP contribution >= 0.6 is 0 Å². The monoisotopic (exact) mass is 332 g/mol. The van der Waals surface area contributed by atoms with Crippen LogP contribution in [0, 0.1) is 0 Å². The quantitative estimate of drug-likeness (QED) is 0.742. The number of hydrogen-bond acceptors (Lipinski definition) is 5. The Morgan fingerprint density at radius 1 is 1.05 bits per heavy atom. The maximum atomic E-state index is 6.59. The van der Waals surface area contributed by atoms with Gasteiger partial charge in [-0.05, 0) is 38.9 Å². The molecule has 2 saturated heterocycles. The fourth-order valence-electron chi connectivity index (χ4n) is 2.78. The molecule has 5 atom stereocenters. The lowest BCUT2D eigenvalue weighted by Crippen LogP contribution is -2.60. The zero-order chi connectivity index (χ0) is 16.9. The Hall–Kier alpha value is 0.0169. The highest BCUT2D eigenvalue weighted by molar-refractivity contribution is 6.74. The molecule has 22 heavy (non-hydrogen) atoms. The maximum absolute atomic E-state index is 6.59. The zero-order valence-corrected chi connectivity index (χ0v) is 16.4. The highest BCUT2D eigenvalue weighted by Gasteiger charge is 2.56. The fraction of sp³-hybridized carbons (Fsp3) is 1.00. The van der Waals surface area contributed by atoms with Gasteiger partial charge in [-0.15, -0.1) is 0 Å². The topological polar surface area (TPSA) is 46.2 Å². The van der Waals surface area contributed by atoms with Crippen LogP contribution in [0.2, 0.25) is 18.1 Å². The van der Waals surface area contributed by atoms with Crippen LogP contribution in [0.5, 0.6) is 0 Å². The molecule has 0 spiro atoms. The summed E-state index contributed by atoms with van der Waals surface area (Å²) in [6.07, 6.45) is -1.08. The molecule has 5 nitrogen and oxygen atoms in total. The third-order valence-electron chi connectivity index (χ3n) is 5.04. The van der Waals surface area contributed by atoms with Gasteiger partial charge in [0.2, 0.25) is 0 Å². The van der Waals surface area contributed by atoms with Crippen LogP contribution in [-0.4, -0.2) is 51.9 Å². The van der Waals surface area contributed by atoms with Crippen molar-refractivity contribution in [3.63, 3.8) is 0 Å². The average Bonchev–Trinajstić information content (AvgIpc) is 2.67. The Balaban J connectivity index is 2.26. The van der Waals surface area contributed by atoms with E-state index in [1.54, 1.807) is 7.11 Å². The van der Waals surface area contributed by atoms with E-state index in [9.17, 15) is 0 Å². The van der Waals surface area contributed by atoms with Gasteiger partial charge in [0.1, 0.15) is 18.3 Å². The summed E-state index contributed by atoms with van der Waals surface area (Å²) in [6.45, 7) is 17.0. The van der Waals surface area contributed by atoms with E-state index in [0.29, 0.717) is 0 Å². The Morgan fingerprint density at radius 3 is 2.09 bits per heavy atom. The van der Waals surface area contributed by atoms with Crippen molar-refractivity contribution in [1.29, 1.82) is 0 Å². The molecule has 2 aliphatic rings. The van der Waals surface area contributed by atoms with Gasteiger partial charge in [-0.2, -0.15) is 0 Å². The molecule has 0 aromatic heterocycles. The first-order valence-electron chi connectivity index (χ1n) is 8.10. The molecule has 0 aromatic carbocycles. The van der Waals surface area contributed by atoms with Crippen LogP contribution in [0.1, 0.15) is 41.5 Å². The van der Waals surface area contributed by atoms with Gasteiger partial charge in [0.15, 0.2) is 20.4 Å². The summed E-state index contributed by atoms with van der Waals surface area (Å²) >= 11 is 0. The highest BCUT2D eigenvalue weighted by Crippen LogP contribution is 2.43. The molecule has 0 aliphatic carbocycles. The number of hydrogen-bond donors (Lipinski definition) is 0. The first-order valence-corrected chi connectivity index (χ1v) is 11.0. The van der Waals surface area contributed by atoms with Crippen molar-refractivity contribution in [2.75, 3.05) is 7.11 Å². The van der Waals surface area contributed by atoms with Gasteiger partial charge in [-0.3, -0.25) is 0 Å². The number of ether oxygens (including phenoxy) is 4. The van der Waals surface area contributed by atoms with Gasteiger partial charge in [-0.25, -0.2) is 0 Å². The molecular weight excluding hydrogens is 300 g/mol. The fourth-order valence-corrected chi connectivity index (χ4v) is 4.06. The first kappa shape index (κ1) is 18.4. The summed E-state index contributed by atoms with van der Waals surface area (Å²) in [5, 5.41) is 0.110. The van der Waals surface area contributed by atoms with Crippen molar-refractivity contribution in [2.45, 2.75) is 96.2 Å². The standard InChI is InChI=1S/C16H32O5Si/c1-10-11-12(20-16(5,6)19-11)13(14(17-7)18-10)21-22(8,9)15(2,3)4/h10-14H,1-9H3/t10-,11+,12+,13-,14+/m1/s1. The molecule has 0 bridgehead atoms. The van der Waals surface area contributed by atoms with E-state index in [0.717, 1.165) is 0 Å². The molecule has 2 rings (SSSR count). The van der Waals surface area contributed by atoms with E-state index in [1.165, 1.54) is 0 Å². The Labute approximate surface area is 135 Å². The van der Waals surface area contributed by atoms with Crippen molar-refractivity contribution in [3.8, 4) is 0 Å². The van der Waals surface area contributed by atoms with Crippen LogP contribution in [0.3, 0.4) is 0 Å². The van der Waals surface area contributed by atoms with Gasteiger partial charge >= 0.3 is 0 Å². The lowest BCUT2D eigenvalue weighted by Gasteiger charge is -2.46. The van der Waals surface area contributed by atoms with E-state index < -0.39 is 20.4 Å². The van der Waals surface area contributed by atoms with E-state index in [4.69, 9.17) is 23.4 Å². The third-order valence-corrected chi connectivity index (χ3v) is 9.51. The van der Waals surface area contributed by atoms with Gasteiger partial charge in [-0.1, -0.05) is 20.8 Å². The molecule has 0 N–H and O–H groups in total. The molecule has 0 unspecified atom stereocenters. The van der Waals surface area contributed by atoms with Crippen LogP contribution in [0.25, 0.3) is 0 Å². The lowest BCUT2D eigenvalue weighted by molar-refractivity contribution is -0.261. The van der Waals surface area contributed by atoms with E-state index in [-0.39, 0.29) is 29.5 Å². The SMILES string of the molecule is CO[C@H]1O[C@H](C)[C@@H]2OC(C)(C)O[C@@H]2[C@H]1O[Si](C)(C)C(C)(C)C. The predicted octanol–water partition coefficient (Wildman–Crippen LogP) is 3.29. The lowest BCUT2D eigenvalue weighted by atomic mass is 10.0. The second kappa shape index (κ2) is 5.83. The molecule has 0 amide bonds. The highest BCUT2D eigenvalue weighted by atomic mass is 28.4. The smallest absolute Gasteiger partial charge is 0.192 e. The minimum Gasteiger partial charge on any atom is -0.406 e. The average molecular weight is 333 g/mol. The molecule has 2 heterocycles. The zero-order valence-electron chi connectivity index (χ0n) is 15.4. The van der Waals surface area contributed by atoms with E-state index >= 15 is 0 Å². The molecule has 2 aliphatic heterocycles. The maximum Gasteiger partial charge on any atom is 0.192 e. The summed E-state index contributed by atoms with van der Waals surface area (Å²) in [5.41, 5.74) is 0. The molecule has 2 fully saturated rings. The summed E-state index contributed by atoms with van der Waals surface area (Å²) in [4.78, 5) is 0. The Kier molecular flexibility index (Phi) is 4.86. The molecule has 0 radical (unpaired) electrons. The molecule has 0 aromatic rings. The summed E-state index contributed by atoms with van der Waals surface area (Å²) in [7, 11) is -0.321. The molecule has 6 heteroatoms. The van der Waals surface area contributed by atoms with Gasteiger partial charge in [0.25, 0.3) is 0 Å². The van der Waals surface area contributed by atoms with Crippen molar-refractivity contribution >= 4 is 8.32 Å². The van der Waals surface area contributed by atoms with Crippen molar-refractivity contribution in [1.82, 2.24) is 0 Å².